The number of alkyl carbamates (subject to hydrolysis) is 1. The highest BCUT2D eigenvalue weighted by Crippen LogP contribution is 2.31. The number of carbonyl (C=O) groups excluding carboxylic acids is 3. The summed E-state index contributed by atoms with van der Waals surface area (Å²) in [5, 5.41) is 5.39. The predicted molar refractivity (Wildman–Crippen MR) is 149 cm³/mol. The van der Waals surface area contributed by atoms with Crippen molar-refractivity contribution in [1.82, 2.24) is 19.8 Å². The Morgan fingerprint density at radius 1 is 1.09 bits per heavy atom. The molecule has 0 saturated carbocycles. The number of halogens is 2. The molecule has 1 aromatic heterocycles. The molecule has 1 fully saturated rings. The van der Waals surface area contributed by atoms with E-state index in [1.807, 2.05) is 0 Å². The van der Waals surface area contributed by atoms with E-state index < -0.39 is 72.4 Å². The van der Waals surface area contributed by atoms with Crippen LogP contribution in [0.2, 0.25) is 5.02 Å². The average molecular weight is 629 g/mol. The first-order valence-corrected chi connectivity index (χ1v) is 13.6. The van der Waals surface area contributed by atoms with Crippen LogP contribution in [0.5, 0.6) is 0 Å². The summed E-state index contributed by atoms with van der Waals surface area (Å²) >= 11 is 5.93. The molecule has 0 radical (unpaired) electrons. The van der Waals surface area contributed by atoms with Crippen LogP contribution in [0.25, 0.3) is 0 Å². The molecule has 1 amide bonds. The molecule has 2 aromatic rings. The van der Waals surface area contributed by atoms with Gasteiger partial charge in [-0.3, -0.25) is 19.0 Å². The molecule has 0 unspecified atom stereocenters. The van der Waals surface area contributed by atoms with Crippen molar-refractivity contribution in [3.05, 3.63) is 67.7 Å². The molecule has 2 N–H and O–H groups in total. The zero-order valence-electron chi connectivity index (χ0n) is 24.1. The third-order valence-electron chi connectivity index (χ3n) is 5.88. The number of nitrogens with zero attached hydrogens (tertiary/aromatic N) is 2. The maximum Gasteiger partial charge on any atom is 0.408 e. The maximum absolute atomic E-state index is 14.7. The number of aromatic nitrogens is 2. The molecule has 3 atom stereocenters. The molecule has 16 heteroatoms. The first-order chi connectivity index (χ1) is 20.3. The van der Waals surface area contributed by atoms with Crippen LogP contribution in [0.15, 0.2) is 40.1 Å². The maximum atomic E-state index is 14.7. The average Bonchev–Trinajstić information content (AvgIpc) is 3.34. The molecule has 1 aliphatic rings. The van der Waals surface area contributed by atoms with Crippen LogP contribution in [0.4, 0.5) is 9.18 Å². The minimum absolute atomic E-state index is 0.0268. The van der Waals surface area contributed by atoms with Crippen molar-refractivity contribution in [1.29, 1.82) is 0 Å². The van der Waals surface area contributed by atoms with Crippen molar-refractivity contribution in [2.75, 3.05) is 26.7 Å². The Balaban J connectivity index is 1.73. The number of hydrogen-bond donors (Lipinski definition) is 2. The molecule has 1 aromatic carbocycles. The Morgan fingerprint density at radius 2 is 1.77 bits per heavy atom. The summed E-state index contributed by atoms with van der Waals surface area (Å²) in [6.45, 7) is 3.20. The summed E-state index contributed by atoms with van der Waals surface area (Å²) in [7, 11) is 1.58. The van der Waals surface area contributed by atoms with Crippen LogP contribution >= 0.6 is 11.6 Å². The van der Waals surface area contributed by atoms with Gasteiger partial charge in [-0.05, 0) is 45.5 Å². The van der Waals surface area contributed by atoms with Crippen LogP contribution in [0, 0.1) is 5.82 Å². The van der Waals surface area contributed by atoms with Gasteiger partial charge in [-0.15, -0.1) is 0 Å². The highest BCUT2D eigenvalue weighted by molar-refractivity contribution is 6.30. The quantitative estimate of drug-likeness (QED) is 0.258. The highest BCUT2D eigenvalue weighted by Gasteiger charge is 2.39. The Morgan fingerprint density at radius 3 is 2.42 bits per heavy atom. The Bertz CT molecular complexity index is 1410. The number of esters is 2. The SMILES string of the molecule is CNCC(=O)OC[C@H]1O[C@@H](n2cc(F)c(=O)n(COC(=O)CNC(=O)OC(C)(C)C)c2=O)C[C@@H]1OCc1ccc(Cl)cc1. The van der Waals surface area contributed by atoms with Crippen molar-refractivity contribution in [2.24, 2.45) is 0 Å². The fourth-order valence-electron chi connectivity index (χ4n) is 3.90. The fraction of sp³-hybridized carbons (Fsp3) is 0.519. The van der Waals surface area contributed by atoms with Gasteiger partial charge in [-0.2, -0.15) is 4.39 Å². The van der Waals surface area contributed by atoms with Gasteiger partial charge < -0.3 is 34.3 Å². The molecular weight excluding hydrogens is 595 g/mol. The van der Waals surface area contributed by atoms with Crippen molar-refractivity contribution in [3.63, 3.8) is 0 Å². The van der Waals surface area contributed by atoms with Gasteiger partial charge in [0.25, 0.3) is 5.56 Å². The lowest BCUT2D eigenvalue weighted by Crippen LogP contribution is -2.44. The van der Waals surface area contributed by atoms with Gasteiger partial charge in [0.15, 0.2) is 6.73 Å². The number of ether oxygens (including phenoxy) is 5. The van der Waals surface area contributed by atoms with Crippen molar-refractivity contribution in [2.45, 2.75) is 64.6 Å². The summed E-state index contributed by atoms with van der Waals surface area (Å²) in [4.78, 5) is 61.3. The Hall–Kier alpha value is -3.79. The number of hydrogen-bond acceptors (Lipinski definition) is 11. The van der Waals surface area contributed by atoms with Gasteiger partial charge >= 0.3 is 23.7 Å². The monoisotopic (exact) mass is 628 g/mol. The summed E-state index contributed by atoms with van der Waals surface area (Å²) in [6, 6.07) is 6.91. The van der Waals surface area contributed by atoms with Gasteiger partial charge in [-0.25, -0.2) is 14.2 Å². The second-order valence-corrected chi connectivity index (χ2v) is 10.9. The Labute approximate surface area is 250 Å². The minimum Gasteiger partial charge on any atom is -0.462 e. The minimum atomic E-state index is -1.33. The molecule has 3 rings (SSSR count). The van der Waals surface area contributed by atoms with Gasteiger partial charge in [0, 0.05) is 11.4 Å². The molecule has 236 valence electrons. The third kappa shape index (κ3) is 10.2. The standard InChI is InChI=1S/C27H34ClFN4O10/c1-27(2,3)43-25(37)31-11-23(35)41-15-33-24(36)18(29)12-32(26(33)38)21-9-19(20(42-21)14-40-22(34)10-30-4)39-13-16-5-7-17(28)8-6-16/h5-8,12,19-21,30H,9-11,13-15H2,1-4H3,(H,31,37)/t19-,20+,21+/m0/s1. The molecule has 0 bridgehead atoms. The lowest BCUT2D eigenvalue weighted by Gasteiger charge is -2.19. The normalized spacial score (nSPS) is 18.2. The Kier molecular flexibility index (Phi) is 11.8. The topological polar surface area (TPSA) is 165 Å². The third-order valence-corrected chi connectivity index (χ3v) is 6.13. The number of likely N-dealkylation sites (N-methyl/N-ethyl adjacent to an activating group) is 1. The van der Waals surface area contributed by atoms with E-state index in [-0.39, 0.29) is 26.2 Å². The molecule has 1 saturated heterocycles. The van der Waals surface area contributed by atoms with E-state index in [0.717, 1.165) is 10.1 Å². The molecular formula is C27H34ClFN4O10. The molecule has 1 aliphatic heterocycles. The fourth-order valence-corrected chi connectivity index (χ4v) is 4.03. The van der Waals surface area contributed by atoms with E-state index >= 15 is 0 Å². The van der Waals surface area contributed by atoms with Crippen LogP contribution in [0.1, 0.15) is 39.0 Å². The van der Waals surface area contributed by atoms with Crippen molar-refractivity contribution >= 4 is 29.6 Å². The van der Waals surface area contributed by atoms with Crippen LogP contribution < -0.4 is 21.9 Å². The van der Waals surface area contributed by atoms with Crippen LogP contribution in [-0.2, 0) is 46.6 Å². The van der Waals surface area contributed by atoms with Crippen LogP contribution in [-0.4, -0.2) is 71.7 Å². The summed E-state index contributed by atoms with van der Waals surface area (Å²) in [5.74, 6) is -2.87. The van der Waals surface area contributed by atoms with Crippen molar-refractivity contribution in [3.8, 4) is 0 Å². The largest absolute Gasteiger partial charge is 0.462 e. The van der Waals surface area contributed by atoms with E-state index in [0.29, 0.717) is 15.8 Å². The lowest BCUT2D eigenvalue weighted by molar-refractivity contribution is -0.150. The first-order valence-electron chi connectivity index (χ1n) is 13.2. The first kappa shape index (κ1) is 33.7. The predicted octanol–water partition coefficient (Wildman–Crippen LogP) is 1.46. The van der Waals surface area contributed by atoms with Crippen LogP contribution in [0.3, 0.4) is 0 Å². The van der Waals surface area contributed by atoms with Gasteiger partial charge in [0.2, 0.25) is 5.82 Å². The van der Waals surface area contributed by atoms with E-state index in [1.54, 1.807) is 52.1 Å². The molecule has 43 heavy (non-hydrogen) atoms. The van der Waals surface area contributed by atoms with Gasteiger partial charge in [0.05, 0.1) is 25.5 Å². The molecule has 14 nitrogen and oxygen atoms in total. The van der Waals surface area contributed by atoms with Gasteiger partial charge in [0.1, 0.15) is 31.1 Å². The van der Waals surface area contributed by atoms with Crippen molar-refractivity contribution < 1.29 is 42.5 Å². The molecule has 0 aliphatic carbocycles. The smallest absolute Gasteiger partial charge is 0.408 e. The van der Waals surface area contributed by atoms with E-state index in [9.17, 15) is 28.4 Å². The second kappa shape index (κ2) is 15.1. The number of benzene rings is 1. The number of amides is 1. The molecule has 2 heterocycles. The number of carbonyl (C=O) groups is 3. The van der Waals surface area contributed by atoms with E-state index in [1.165, 1.54) is 0 Å². The summed E-state index contributed by atoms with van der Waals surface area (Å²) < 4.78 is 42.9. The summed E-state index contributed by atoms with van der Waals surface area (Å²) in [5.41, 5.74) is -2.38. The number of nitrogens with one attached hydrogen (secondary N) is 2. The molecule has 0 spiro atoms. The highest BCUT2D eigenvalue weighted by atomic mass is 35.5. The van der Waals surface area contributed by atoms with E-state index in [2.05, 4.69) is 10.6 Å². The number of rotatable bonds is 12. The zero-order chi connectivity index (χ0) is 31.7. The zero-order valence-corrected chi connectivity index (χ0v) is 24.9. The van der Waals surface area contributed by atoms with E-state index in [4.69, 9.17) is 35.3 Å². The van der Waals surface area contributed by atoms with Gasteiger partial charge in [-0.1, -0.05) is 23.7 Å². The second-order valence-electron chi connectivity index (χ2n) is 10.5. The summed E-state index contributed by atoms with van der Waals surface area (Å²) in [6.07, 6.45) is -2.84. The lowest BCUT2D eigenvalue weighted by atomic mass is 10.1.